The number of nitro groups is 1. The molecule has 1 unspecified atom stereocenters. The largest absolute Gasteiger partial charge is 0.353 e. The summed E-state index contributed by atoms with van der Waals surface area (Å²) in [6, 6.07) is 0.992. The van der Waals surface area contributed by atoms with E-state index in [1.165, 1.54) is 6.20 Å². The minimum atomic E-state index is -0.571. The number of anilines is 1. The predicted octanol–water partition coefficient (Wildman–Crippen LogP) is 1.58. The Labute approximate surface area is 111 Å². The summed E-state index contributed by atoms with van der Waals surface area (Å²) in [5, 5.41) is 13.8. The summed E-state index contributed by atoms with van der Waals surface area (Å²) in [5.41, 5.74) is 0.410. The first-order valence-electron chi connectivity index (χ1n) is 6.00. The van der Waals surface area contributed by atoms with E-state index in [4.69, 9.17) is 0 Å². The molecular weight excluding hydrogens is 248 g/mol. The fourth-order valence-electron chi connectivity index (χ4n) is 1.64. The number of aryl methyl sites for hydroxylation is 1. The molecule has 0 saturated carbocycles. The third-order valence-electron chi connectivity index (χ3n) is 2.88. The van der Waals surface area contributed by atoms with E-state index < -0.39 is 11.0 Å². The van der Waals surface area contributed by atoms with Crippen LogP contribution in [0.1, 0.15) is 19.4 Å². The van der Waals surface area contributed by atoms with Gasteiger partial charge in [-0.2, -0.15) is 0 Å². The number of nitrogens with one attached hydrogen (secondary N) is 1. The van der Waals surface area contributed by atoms with Crippen molar-refractivity contribution >= 4 is 17.4 Å². The minimum absolute atomic E-state index is 0.0960. The van der Waals surface area contributed by atoms with Gasteiger partial charge in [-0.15, -0.1) is 0 Å². The van der Waals surface area contributed by atoms with Crippen LogP contribution in [0.3, 0.4) is 0 Å². The van der Waals surface area contributed by atoms with Gasteiger partial charge >= 0.3 is 5.69 Å². The van der Waals surface area contributed by atoms with Crippen molar-refractivity contribution in [2.24, 2.45) is 0 Å². The molecule has 1 atom stereocenters. The number of rotatable bonds is 5. The normalized spacial score (nSPS) is 11.8. The third-order valence-corrected chi connectivity index (χ3v) is 2.88. The van der Waals surface area contributed by atoms with E-state index >= 15 is 0 Å². The number of amides is 1. The molecule has 0 saturated heterocycles. The molecule has 0 spiro atoms. The lowest BCUT2D eigenvalue weighted by Crippen LogP contribution is -2.39. The van der Waals surface area contributed by atoms with E-state index in [9.17, 15) is 14.9 Å². The van der Waals surface area contributed by atoms with Gasteiger partial charge in [0.15, 0.2) is 0 Å². The second-order valence-corrected chi connectivity index (χ2v) is 4.30. The van der Waals surface area contributed by atoms with Crippen molar-refractivity contribution in [3.05, 3.63) is 27.9 Å². The van der Waals surface area contributed by atoms with Crippen molar-refractivity contribution in [2.45, 2.75) is 26.8 Å². The summed E-state index contributed by atoms with van der Waals surface area (Å²) in [4.78, 5) is 27.9. The standard InChI is InChI=1S/C12H18N4O3/c1-5-15(4)12(17)9(3)14-11-10(16(18)19)8(2)6-7-13-11/h6-7,9H,5H2,1-4H3,(H,13,14). The summed E-state index contributed by atoms with van der Waals surface area (Å²) in [5.74, 6) is -0.0181. The van der Waals surface area contributed by atoms with Crippen molar-refractivity contribution in [3.63, 3.8) is 0 Å². The monoisotopic (exact) mass is 266 g/mol. The molecule has 1 aromatic heterocycles. The number of hydrogen-bond acceptors (Lipinski definition) is 5. The maximum absolute atomic E-state index is 11.9. The molecule has 1 heterocycles. The lowest BCUT2D eigenvalue weighted by molar-refractivity contribution is -0.384. The van der Waals surface area contributed by atoms with Gasteiger partial charge in [0.05, 0.1) is 4.92 Å². The topological polar surface area (TPSA) is 88.4 Å². The van der Waals surface area contributed by atoms with Crippen LogP contribution in [0.5, 0.6) is 0 Å². The van der Waals surface area contributed by atoms with Crippen LogP contribution in [0.4, 0.5) is 11.5 Å². The van der Waals surface area contributed by atoms with Gasteiger partial charge in [-0.25, -0.2) is 4.98 Å². The highest BCUT2D eigenvalue weighted by molar-refractivity contribution is 5.84. The molecule has 0 aromatic carbocycles. The molecule has 1 N–H and O–H groups in total. The maximum atomic E-state index is 11.9. The van der Waals surface area contributed by atoms with Crippen molar-refractivity contribution in [1.29, 1.82) is 0 Å². The Balaban J connectivity index is 2.97. The molecule has 0 bridgehead atoms. The highest BCUT2D eigenvalue weighted by atomic mass is 16.6. The smallest absolute Gasteiger partial charge is 0.314 e. The van der Waals surface area contributed by atoms with Gasteiger partial charge in [-0.05, 0) is 26.8 Å². The number of aromatic nitrogens is 1. The molecule has 0 radical (unpaired) electrons. The Hall–Kier alpha value is -2.18. The van der Waals surface area contributed by atoms with Gasteiger partial charge < -0.3 is 10.2 Å². The van der Waals surface area contributed by atoms with Crippen LogP contribution in [0.2, 0.25) is 0 Å². The second-order valence-electron chi connectivity index (χ2n) is 4.30. The first kappa shape index (κ1) is 14.9. The Morgan fingerprint density at radius 3 is 2.79 bits per heavy atom. The molecular formula is C12H18N4O3. The van der Waals surface area contributed by atoms with Gasteiger partial charge in [0.2, 0.25) is 11.7 Å². The van der Waals surface area contributed by atoms with Crippen molar-refractivity contribution in [2.75, 3.05) is 18.9 Å². The van der Waals surface area contributed by atoms with Crippen LogP contribution in [-0.4, -0.2) is 40.3 Å². The number of hydrogen-bond donors (Lipinski definition) is 1. The molecule has 19 heavy (non-hydrogen) atoms. The lowest BCUT2D eigenvalue weighted by Gasteiger charge is -2.20. The van der Waals surface area contributed by atoms with Crippen LogP contribution in [0.25, 0.3) is 0 Å². The summed E-state index contributed by atoms with van der Waals surface area (Å²) in [7, 11) is 1.68. The van der Waals surface area contributed by atoms with E-state index in [1.54, 1.807) is 31.9 Å². The van der Waals surface area contributed by atoms with Crippen LogP contribution in [0, 0.1) is 17.0 Å². The SMILES string of the molecule is CCN(C)C(=O)C(C)Nc1nccc(C)c1[N+](=O)[O-]. The fourth-order valence-corrected chi connectivity index (χ4v) is 1.64. The molecule has 1 amide bonds. The van der Waals surface area contributed by atoms with Crippen LogP contribution < -0.4 is 5.32 Å². The zero-order chi connectivity index (χ0) is 14.6. The second kappa shape index (κ2) is 6.12. The highest BCUT2D eigenvalue weighted by Crippen LogP contribution is 2.25. The quantitative estimate of drug-likeness (QED) is 0.645. The van der Waals surface area contributed by atoms with Crippen LogP contribution in [0.15, 0.2) is 12.3 Å². The lowest BCUT2D eigenvalue weighted by atomic mass is 10.2. The first-order chi connectivity index (χ1) is 8.88. The molecule has 0 aliphatic rings. The van der Waals surface area contributed by atoms with Gasteiger partial charge in [-0.1, -0.05) is 0 Å². The molecule has 1 rings (SSSR count). The Bertz CT molecular complexity index is 490. The average Bonchev–Trinajstić information content (AvgIpc) is 2.36. The predicted molar refractivity (Wildman–Crippen MR) is 72.0 cm³/mol. The fraction of sp³-hybridized carbons (Fsp3) is 0.500. The first-order valence-corrected chi connectivity index (χ1v) is 6.00. The summed E-state index contributed by atoms with van der Waals surface area (Å²) in [6.45, 7) is 5.73. The number of pyridine rings is 1. The zero-order valence-corrected chi connectivity index (χ0v) is 11.5. The summed E-state index contributed by atoms with van der Waals surface area (Å²) < 4.78 is 0. The van der Waals surface area contributed by atoms with E-state index in [-0.39, 0.29) is 17.4 Å². The molecule has 7 nitrogen and oxygen atoms in total. The molecule has 7 heteroatoms. The molecule has 0 aliphatic heterocycles. The maximum Gasteiger partial charge on any atom is 0.314 e. The average molecular weight is 266 g/mol. The van der Waals surface area contributed by atoms with Gasteiger partial charge in [0, 0.05) is 25.4 Å². The number of nitrogens with zero attached hydrogens (tertiary/aromatic N) is 3. The molecule has 0 aliphatic carbocycles. The number of likely N-dealkylation sites (N-methyl/N-ethyl adjacent to an activating group) is 1. The Kier molecular flexibility index (Phi) is 4.80. The van der Waals surface area contributed by atoms with E-state index in [2.05, 4.69) is 10.3 Å². The van der Waals surface area contributed by atoms with Crippen molar-refractivity contribution < 1.29 is 9.72 Å². The van der Waals surface area contributed by atoms with E-state index in [1.807, 2.05) is 6.92 Å². The summed E-state index contributed by atoms with van der Waals surface area (Å²) >= 11 is 0. The van der Waals surface area contributed by atoms with Gasteiger partial charge in [-0.3, -0.25) is 14.9 Å². The van der Waals surface area contributed by atoms with Crippen LogP contribution >= 0.6 is 0 Å². The highest BCUT2D eigenvalue weighted by Gasteiger charge is 2.23. The Morgan fingerprint density at radius 2 is 2.26 bits per heavy atom. The number of carbonyl (C=O) groups excluding carboxylic acids is 1. The van der Waals surface area contributed by atoms with E-state index in [0.717, 1.165) is 0 Å². The molecule has 104 valence electrons. The summed E-state index contributed by atoms with van der Waals surface area (Å²) in [6.07, 6.45) is 1.48. The van der Waals surface area contributed by atoms with Crippen LogP contribution in [-0.2, 0) is 4.79 Å². The number of carbonyl (C=O) groups is 1. The minimum Gasteiger partial charge on any atom is -0.353 e. The molecule has 0 fully saturated rings. The van der Waals surface area contributed by atoms with Gasteiger partial charge in [0.25, 0.3) is 0 Å². The van der Waals surface area contributed by atoms with E-state index in [0.29, 0.717) is 12.1 Å². The van der Waals surface area contributed by atoms with Gasteiger partial charge in [0.1, 0.15) is 6.04 Å². The van der Waals surface area contributed by atoms with Crippen molar-refractivity contribution in [1.82, 2.24) is 9.88 Å². The molecule has 1 aromatic rings. The zero-order valence-electron chi connectivity index (χ0n) is 11.5. The Morgan fingerprint density at radius 1 is 1.63 bits per heavy atom. The van der Waals surface area contributed by atoms with Crippen molar-refractivity contribution in [3.8, 4) is 0 Å². The third kappa shape index (κ3) is 3.40.